The summed E-state index contributed by atoms with van der Waals surface area (Å²) in [6, 6.07) is 2.03. The van der Waals surface area contributed by atoms with Crippen LogP contribution in [-0.4, -0.2) is 11.5 Å². The number of dihydropyridines is 1. The lowest BCUT2D eigenvalue weighted by molar-refractivity contribution is 0.975. The molecule has 66 valence electrons. The zero-order chi connectivity index (χ0) is 9.10. The van der Waals surface area contributed by atoms with Crippen LogP contribution in [0.3, 0.4) is 0 Å². The molecule has 1 N–H and O–H groups in total. The van der Waals surface area contributed by atoms with Crippen molar-refractivity contribution in [3.63, 3.8) is 0 Å². The third kappa shape index (κ3) is 1.61. The number of hydrogen-bond acceptors (Lipinski definition) is 2. The van der Waals surface area contributed by atoms with Crippen LogP contribution in [0.4, 0.5) is 0 Å². The summed E-state index contributed by atoms with van der Waals surface area (Å²) in [5, 5.41) is 3.13. The molecule has 0 saturated heterocycles. The van der Waals surface area contributed by atoms with Gasteiger partial charge < -0.3 is 5.32 Å². The van der Waals surface area contributed by atoms with Gasteiger partial charge in [-0.1, -0.05) is 6.08 Å². The van der Waals surface area contributed by atoms with E-state index >= 15 is 0 Å². The quantitative estimate of drug-likeness (QED) is 0.699. The predicted molar refractivity (Wildman–Crippen MR) is 54.1 cm³/mol. The zero-order valence-corrected chi connectivity index (χ0v) is 7.62. The average Bonchev–Trinajstić information content (AvgIpc) is 2.20. The molecule has 2 nitrogen and oxygen atoms in total. The Morgan fingerprint density at radius 1 is 1.46 bits per heavy atom. The van der Waals surface area contributed by atoms with Crippen LogP contribution in [0.1, 0.15) is 11.1 Å². The summed E-state index contributed by atoms with van der Waals surface area (Å²) in [7, 11) is 0. The van der Waals surface area contributed by atoms with E-state index in [4.69, 9.17) is 0 Å². The van der Waals surface area contributed by atoms with E-state index in [1.165, 1.54) is 16.7 Å². The Kier molecular flexibility index (Phi) is 2.13. The lowest BCUT2D eigenvalue weighted by Crippen LogP contribution is -2.08. The third-order valence-corrected chi connectivity index (χ3v) is 2.17. The Morgan fingerprint density at radius 2 is 2.38 bits per heavy atom. The smallest absolute Gasteiger partial charge is 0.0348 e. The van der Waals surface area contributed by atoms with E-state index in [2.05, 4.69) is 29.4 Å². The topological polar surface area (TPSA) is 24.9 Å². The van der Waals surface area contributed by atoms with Crippen LogP contribution in [0, 0.1) is 6.92 Å². The van der Waals surface area contributed by atoms with Crippen LogP contribution in [0.5, 0.6) is 0 Å². The minimum atomic E-state index is 0.903. The van der Waals surface area contributed by atoms with Crippen LogP contribution in [0.15, 0.2) is 36.8 Å². The molecule has 2 heterocycles. The van der Waals surface area contributed by atoms with Gasteiger partial charge in [0.05, 0.1) is 0 Å². The summed E-state index contributed by atoms with van der Waals surface area (Å²) in [6.07, 6.45) is 9.96. The zero-order valence-electron chi connectivity index (χ0n) is 7.62. The number of hydrogen-bond donors (Lipinski definition) is 1. The van der Waals surface area contributed by atoms with Gasteiger partial charge in [0.25, 0.3) is 0 Å². The molecule has 0 fully saturated rings. The lowest BCUT2D eigenvalue weighted by atomic mass is 10.0. The maximum absolute atomic E-state index is 4.13. The molecule has 0 atom stereocenters. The number of aryl methyl sites for hydroxylation is 1. The van der Waals surface area contributed by atoms with Crippen LogP contribution < -0.4 is 5.32 Å². The Bertz CT molecular complexity index is 364. The second-order valence-corrected chi connectivity index (χ2v) is 3.09. The Morgan fingerprint density at radius 3 is 3.08 bits per heavy atom. The first kappa shape index (κ1) is 8.05. The SMILES string of the molecule is Cc1ccncc1C1=CCNC=C1. The fraction of sp³-hybridized carbons (Fsp3) is 0.182. The molecule has 0 bridgehead atoms. The molecule has 1 aromatic heterocycles. The van der Waals surface area contributed by atoms with Gasteiger partial charge >= 0.3 is 0 Å². The highest BCUT2D eigenvalue weighted by Crippen LogP contribution is 2.19. The Labute approximate surface area is 78.0 Å². The number of aromatic nitrogens is 1. The van der Waals surface area contributed by atoms with Gasteiger partial charge in [-0.3, -0.25) is 4.98 Å². The first-order chi connectivity index (χ1) is 6.38. The van der Waals surface area contributed by atoms with Gasteiger partial charge in [0, 0.05) is 24.5 Å². The maximum atomic E-state index is 4.13. The maximum Gasteiger partial charge on any atom is 0.0348 e. The van der Waals surface area contributed by atoms with Crippen LogP contribution in [0.2, 0.25) is 0 Å². The predicted octanol–water partition coefficient (Wildman–Crippen LogP) is 1.89. The standard InChI is InChI=1S/C11H12N2/c1-9-2-5-13-8-11(9)10-3-6-12-7-4-10/h2-6,8,12H,7H2,1H3. The van der Waals surface area contributed by atoms with Gasteiger partial charge in [0.2, 0.25) is 0 Å². The van der Waals surface area contributed by atoms with E-state index in [0.717, 1.165) is 6.54 Å². The van der Waals surface area contributed by atoms with Crippen molar-refractivity contribution in [2.24, 2.45) is 0 Å². The molecule has 0 amide bonds. The first-order valence-corrected chi connectivity index (χ1v) is 4.39. The van der Waals surface area contributed by atoms with E-state index in [1.807, 2.05) is 24.7 Å². The van der Waals surface area contributed by atoms with Crippen molar-refractivity contribution in [1.29, 1.82) is 0 Å². The second kappa shape index (κ2) is 3.44. The highest BCUT2D eigenvalue weighted by Gasteiger charge is 2.03. The van der Waals surface area contributed by atoms with Crippen molar-refractivity contribution < 1.29 is 0 Å². The molecule has 0 aromatic carbocycles. The van der Waals surface area contributed by atoms with Crippen LogP contribution >= 0.6 is 0 Å². The van der Waals surface area contributed by atoms with Crippen molar-refractivity contribution >= 4 is 5.57 Å². The molecule has 2 heteroatoms. The van der Waals surface area contributed by atoms with Gasteiger partial charge in [-0.2, -0.15) is 0 Å². The van der Waals surface area contributed by atoms with Crippen LogP contribution in [0.25, 0.3) is 5.57 Å². The van der Waals surface area contributed by atoms with Gasteiger partial charge in [-0.25, -0.2) is 0 Å². The summed E-state index contributed by atoms with van der Waals surface area (Å²) in [4.78, 5) is 4.13. The Hall–Kier alpha value is -1.57. The number of rotatable bonds is 1. The summed E-state index contributed by atoms with van der Waals surface area (Å²) in [5.41, 5.74) is 3.75. The normalized spacial score (nSPS) is 15.0. The van der Waals surface area contributed by atoms with Crippen molar-refractivity contribution in [3.05, 3.63) is 47.9 Å². The fourth-order valence-electron chi connectivity index (χ4n) is 1.42. The summed E-state index contributed by atoms with van der Waals surface area (Å²) in [5.74, 6) is 0. The number of allylic oxidation sites excluding steroid dienone is 2. The summed E-state index contributed by atoms with van der Waals surface area (Å²) >= 11 is 0. The van der Waals surface area contributed by atoms with Gasteiger partial charge in [0.15, 0.2) is 0 Å². The molecule has 0 saturated carbocycles. The minimum Gasteiger partial charge on any atom is -0.387 e. The monoisotopic (exact) mass is 172 g/mol. The fourth-order valence-corrected chi connectivity index (χ4v) is 1.42. The van der Waals surface area contributed by atoms with E-state index in [-0.39, 0.29) is 0 Å². The molecule has 0 unspecified atom stereocenters. The third-order valence-electron chi connectivity index (χ3n) is 2.17. The lowest BCUT2D eigenvalue weighted by Gasteiger charge is -2.10. The molecule has 2 rings (SSSR count). The van der Waals surface area contributed by atoms with E-state index in [9.17, 15) is 0 Å². The van der Waals surface area contributed by atoms with Gasteiger partial charge in [-0.15, -0.1) is 0 Å². The average molecular weight is 172 g/mol. The molecule has 1 aliphatic heterocycles. The van der Waals surface area contributed by atoms with Crippen molar-refractivity contribution in [2.45, 2.75) is 6.92 Å². The molecular weight excluding hydrogens is 160 g/mol. The van der Waals surface area contributed by atoms with E-state index in [1.54, 1.807) is 0 Å². The molecular formula is C11H12N2. The van der Waals surface area contributed by atoms with Crippen LogP contribution in [-0.2, 0) is 0 Å². The summed E-state index contributed by atoms with van der Waals surface area (Å²) < 4.78 is 0. The Balaban J connectivity index is 2.40. The second-order valence-electron chi connectivity index (χ2n) is 3.09. The number of pyridine rings is 1. The molecule has 0 radical (unpaired) electrons. The molecule has 0 spiro atoms. The molecule has 1 aromatic rings. The summed E-state index contributed by atoms with van der Waals surface area (Å²) in [6.45, 7) is 3.01. The molecule has 13 heavy (non-hydrogen) atoms. The van der Waals surface area contributed by atoms with E-state index < -0.39 is 0 Å². The van der Waals surface area contributed by atoms with Gasteiger partial charge in [0.1, 0.15) is 0 Å². The highest BCUT2D eigenvalue weighted by molar-refractivity contribution is 5.76. The van der Waals surface area contributed by atoms with Crippen molar-refractivity contribution in [3.8, 4) is 0 Å². The highest BCUT2D eigenvalue weighted by atomic mass is 14.8. The molecule has 1 aliphatic rings. The largest absolute Gasteiger partial charge is 0.387 e. The number of nitrogens with zero attached hydrogens (tertiary/aromatic N) is 1. The van der Waals surface area contributed by atoms with Gasteiger partial charge in [-0.05, 0) is 36.4 Å². The molecule has 0 aliphatic carbocycles. The van der Waals surface area contributed by atoms with Crippen molar-refractivity contribution in [2.75, 3.05) is 6.54 Å². The minimum absolute atomic E-state index is 0.903. The first-order valence-electron chi connectivity index (χ1n) is 4.39. The van der Waals surface area contributed by atoms with Crippen molar-refractivity contribution in [1.82, 2.24) is 10.3 Å². The number of nitrogens with one attached hydrogen (secondary N) is 1. The van der Waals surface area contributed by atoms with E-state index in [0.29, 0.717) is 0 Å².